The number of hydrogen-bond donors (Lipinski definition) is 1. The molecule has 4 nitrogen and oxygen atoms in total. The van der Waals surface area contributed by atoms with Crippen LogP contribution in [0.3, 0.4) is 0 Å². The molecule has 1 N–H and O–H groups in total. The first-order valence-corrected chi connectivity index (χ1v) is 12.2. The summed E-state index contributed by atoms with van der Waals surface area (Å²) in [6.45, 7) is 3.14. The fourth-order valence-electron chi connectivity index (χ4n) is 7.99. The second kappa shape index (κ2) is 6.32. The molecule has 5 atom stereocenters. The molecule has 2 bridgehead atoms. The second-order valence-corrected chi connectivity index (χ2v) is 11.0. The highest BCUT2D eigenvalue weighted by molar-refractivity contribution is 5.82. The lowest BCUT2D eigenvalue weighted by atomic mass is 9.58. The highest BCUT2D eigenvalue weighted by Gasteiger charge is 2.66. The van der Waals surface area contributed by atoms with Gasteiger partial charge >= 0.3 is 0 Å². The summed E-state index contributed by atoms with van der Waals surface area (Å²) in [5, 5.41) is 5.64. The summed E-state index contributed by atoms with van der Waals surface area (Å²) in [6.07, 6.45) is 15.8. The van der Waals surface area contributed by atoms with Crippen molar-refractivity contribution in [2.75, 3.05) is 6.54 Å². The van der Waals surface area contributed by atoms with Crippen LogP contribution in [0.2, 0.25) is 0 Å². The molecule has 32 heavy (non-hydrogen) atoms. The number of aromatic nitrogens is 1. The lowest BCUT2D eigenvalue weighted by Gasteiger charge is -2.53. The van der Waals surface area contributed by atoms with E-state index in [-0.39, 0.29) is 22.5 Å². The Morgan fingerprint density at radius 1 is 1.12 bits per heavy atom. The molecular formula is C28H30N2O2. The van der Waals surface area contributed by atoms with Crippen LogP contribution in [0.5, 0.6) is 0 Å². The first kappa shape index (κ1) is 19.0. The number of carbonyl (C=O) groups is 1. The van der Waals surface area contributed by atoms with E-state index in [0.717, 1.165) is 25.7 Å². The number of pyridine rings is 1. The van der Waals surface area contributed by atoms with E-state index < -0.39 is 0 Å². The van der Waals surface area contributed by atoms with Crippen LogP contribution < -0.4 is 5.32 Å². The van der Waals surface area contributed by atoms with Crippen LogP contribution in [0.25, 0.3) is 10.8 Å². The average Bonchev–Trinajstić information content (AvgIpc) is 3.28. The number of ether oxygens (including phenoxy) is 1. The maximum atomic E-state index is 12.1. The summed E-state index contributed by atoms with van der Waals surface area (Å²) >= 11 is 0. The molecule has 3 aliphatic heterocycles. The number of benzene rings is 1. The SMILES string of the molecule is C[C@]12CC=C3C=C4CCC(=O)NC[C@]45CCC3(O5)[C@@H]1CC[C@@H]2c1ccc2ccncc2c1. The highest BCUT2D eigenvalue weighted by Crippen LogP contribution is 2.68. The van der Waals surface area contributed by atoms with Gasteiger partial charge in [0.05, 0.1) is 12.1 Å². The quantitative estimate of drug-likeness (QED) is 0.682. The fraction of sp³-hybridized carbons (Fsp3) is 0.500. The number of carbonyl (C=O) groups excluding carboxylic acids is 1. The van der Waals surface area contributed by atoms with Gasteiger partial charge in [-0.05, 0) is 90.0 Å². The number of allylic oxidation sites excluding steroid dienone is 1. The van der Waals surface area contributed by atoms with E-state index in [4.69, 9.17) is 4.74 Å². The smallest absolute Gasteiger partial charge is 0.220 e. The number of amides is 1. The molecule has 1 aromatic carbocycles. The molecule has 1 aromatic heterocycles. The van der Waals surface area contributed by atoms with E-state index in [1.54, 1.807) is 0 Å². The van der Waals surface area contributed by atoms with Crippen LogP contribution in [-0.2, 0) is 9.53 Å². The van der Waals surface area contributed by atoms with Gasteiger partial charge in [-0.25, -0.2) is 0 Å². The van der Waals surface area contributed by atoms with Gasteiger partial charge in [0.25, 0.3) is 0 Å². The maximum Gasteiger partial charge on any atom is 0.220 e. The van der Waals surface area contributed by atoms with Gasteiger partial charge in [-0.15, -0.1) is 0 Å². The molecule has 0 radical (unpaired) electrons. The Balaban J connectivity index is 1.30. The van der Waals surface area contributed by atoms with E-state index in [1.807, 2.05) is 12.4 Å². The van der Waals surface area contributed by atoms with E-state index in [1.165, 1.54) is 40.3 Å². The number of fused-ring (bicyclic) bond motifs is 2. The zero-order chi connectivity index (χ0) is 21.6. The fourth-order valence-corrected chi connectivity index (χ4v) is 7.99. The third-order valence-corrected chi connectivity index (χ3v) is 9.60. The molecule has 1 unspecified atom stereocenters. The highest BCUT2D eigenvalue weighted by atomic mass is 16.5. The van der Waals surface area contributed by atoms with Crippen molar-refractivity contribution in [3.05, 3.63) is 65.5 Å². The van der Waals surface area contributed by atoms with Gasteiger partial charge in [-0.2, -0.15) is 0 Å². The second-order valence-electron chi connectivity index (χ2n) is 11.0. The molecule has 3 fully saturated rings. The van der Waals surface area contributed by atoms with E-state index in [2.05, 4.69) is 53.6 Å². The normalized spacial score (nSPS) is 40.0. The van der Waals surface area contributed by atoms with Crippen molar-refractivity contribution in [3.63, 3.8) is 0 Å². The summed E-state index contributed by atoms with van der Waals surface area (Å²) in [7, 11) is 0. The Morgan fingerprint density at radius 2 is 2.06 bits per heavy atom. The molecule has 1 saturated carbocycles. The van der Waals surface area contributed by atoms with Gasteiger partial charge in [0, 0.05) is 24.2 Å². The molecule has 2 spiro atoms. The minimum atomic E-state index is -0.283. The number of hydrogen-bond acceptors (Lipinski definition) is 3. The number of rotatable bonds is 1. The predicted molar refractivity (Wildman–Crippen MR) is 124 cm³/mol. The minimum absolute atomic E-state index is 0.160. The van der Waals surface area contributed by atoms with Gasteiger partial charge in [0.1, 0.15) is 5.60 Å². The van der Waals surface area contributed by atoms with Gasteiger partial charge in [-0.1, -0.05) is 31.2 Å². The van der Waals surface area contributed by atoms with Gasteiger partial charge < -0.3 is 10.1 Å². The largest absolute Gasteiger partial charge is 0.357 e. The average molecular weight is 427 g/mol. The van der Waals surface area contributed by atoms with Crippen molar-refractivity contribution in [3.8, 4) is 0 Å². The maximum absolute atomic E-state index is 12.1. The van der Waals surface area contributed by atoms with Gasteiger partial charge in [-0.3, -0.25) is 9.78 Å². The zero-order valence-corrected chi connectivity index (χ0v) is 18.7. The van der Waals surface area contributed by atoms with Crippen molar-refractivity contribution < 1.29 is 9.53 Å². The van der Waals surface area contributed by atoms with Crippen molar-refractivity contribution in [1.29, 1.82) is 0 Å². The Labute approximate surface area is 189 Å². The van der Waals surface area contributed by atoms with Crippen molar-refractivity contribution >= 4 is 16.7 Å². The number of nitrogens with one attached hydrogen (secondary N) is 1. The van der Waals surface area contributed by atoms with Crippen LogP contribution >= 0.6 is 0 Å². The van der Waals surface area contributed by atoms with Crippen LogP contribution in [0, 0.1) is 11.3 Å². The molecular weight excluding hydrogens is 396 g/mol. The molecule has 2 saturated heterocycles. The topological polar surface area (TPSA) is 51.2 Å². The zero-order valence-electron chi connectivity index (χ0n) is 18.7. The standard InChI is InChI=1S/C28H30N2O2/c1-26-10-8-22-15-21-4-7-25(31)30-17-27(21)11-12-28(22,32-27)24(26)6-5-23(26)19-3-2-18-9-13-29-16-20(18)14-19/h2-3,8-9,13-16,23-24H,4-7,10-12,17H2,1H3,(H,30,31)/t23-,24-,26-,27-,28?/m1/s1. The Kier molecular flexibility index (Phi) is 3.76. The van der Waals surface area contributed by atoms with Crippen molar-refractivity contribution in [2.24, 2.45) is 11.3 Å². The van der Waals surface area contributed by atoms with E-state index >= 15 is 0 Å². The first-order valence-electron chi connectivity index (χ1n) is 12.2. The first-order chi connectivity index (χ1) is 15.5. The lowest BCUT2D eigenvalue weighted by molar-refractivity contribution is -0.130. The molecule has 164 valence electrons. The summed E-state index contributed by atoms with van der Waals surface area (Å²) in [4.78, 5) is 16.5. The van der Waals surface area contributed by atoms with Crippen LogP contribution in [-0.4, -0.2) is 28.6 Å². The molecule has 1 amide bonds. The monoisotopic (exact) mass is 426 g/mol. The molecule has 4 heteroatoms. The van der Waals surface area contributed by atoms with Crippen molar-refractivity contribution in [2.45, 2.75) is 69.0 Å². The summed E-state index contributed by atoms with van der Waals surface area (Å²) in [6, 6.07) is 9.06. The summed E-state index contributed by atoms with van der Waals surface area (Å²) in [5.74, 6) is 1.21. The summed E-state index contributed by atoms with van der Waals surface area (Å²) < 4.78 is 7.18. The van der Waals surface area contributed by atoms with Gasteiger partial charge in [0.2, 0.25) is 5.91 Å². The molecule has 5 aliphatic rings. The van der Waals surface area contributed by atoms with Crippen LogP contribution in [0.4, 0.5) is 0 Å². The third kappa shape index (κ3) is 2.37. The van der Waals surface area contributed by atoms with E-state index in [0.29, 0.717) is 24.8 Å². The minimum Gasteiger partial charge on any atom is -0.357 e. The Bertz CT molecular complexity index is 1210. The van der Waals surface area contributed by atoms with Crippen LogP contribution in [0.15, 0.2) is 60.0 Å². The van der Waals surface area contributed by atoms with E-state index in [9.17, 15) is 4.79 Å². The lowest BCUT2D eigenvalue weighted by Crippen LogP contribution is -2.54. The molecule has 7 rings (SSSR count). The molecule has 2 aromatic rings. The van der Waals surface area contributed by atoms with Gasteiger partial charge in [0.15, 0.2) is 0 Å². The summed E-state index contributed by atoms with van der Waals surface area (Å²) in [5.41, 5.74) is 3.92. The Hall–Kier alpha value is -2.46. The predicted octanol–water partition coefficient (Wildman–Crippen LogP) is 5.20. The van der Waals surface area contributed by atoms with Crippen molar-refractivity contribution in [1.82, 2.24) is 10.3 Å². The third-order valence-electron chi connectivity index (χ3n) is 9.60. The molecule has 4 heterocycles. The number of nitrogens with zero attached hydrogens (tertiary/aromatic N) is 1. The van der Waals surface area contributed by atoms with Crippen LogP contribution in [0.1, 0.15) is 63.4 Å². The molecule has 2 aliphatic carbocycles. The Morgan fingerprint density at radius 3 is 3.00 bits per heavy atom.